The number of hydrogen-bond donors (Lipinski definition) is 2. The summed E-state index contributed by atoms with van der Waals surface area (Å²) in [5.74, 6) is 0.884. The van der Waals surface area contributed by atoms with Crippen molar-refractivity contribution >= 4 is 17.3 Å². The molecule has 1 aromatic rings. The van der Waals surface area contributed by atoms with Crippen LogP contribution < -0.4 is 15.8 Å². The second-order valence-corrected chi connectivity index (χ2v) is 6.59. The third-order valence-corrected chi connectivity index (χ3v) is 4.42. The van der Waals surface area contributed by atoms with E-state index in [2.05, 4.69) is 24.1 Å². The Bertz CT molecular complexity index is 523. The number of amides is 1. The molecule has 0 radical (unpaired) electrons. The van der Waals surface area contributed by atoms with Crippen molar-refractivity contribution in [1.82, 2.24) is 4.90 Å². The van der Waals surface area contributed by atoms with Crippen molar-refractivity contribution in [1.29, 1.82) is 0 Å². The lowest BCUT2D eigenvalue weighted by atomic mass is 10.0. The second-order valence-electron chi connectivity index (χ2n) is 6.59. The van der Waals surface area contributed by atoms with Crippen molar-refractivity contribution < 1.29 is 9.53 Å². The number of carbonyl (C=O) groups excluding carboxylic acids is 1. The molecule has 128 valence electrons. The lowest BCUT2D eigenvalue weighted by Gasteiger charge is -2.32. The molecule has 1 aliphatic heterocycles. The topological polar surface area (TPSA) is 67.6 Å². The van der Waals surface area contributed by atoms with E-state index in [1.165, 1.54) is 25.7 Å². The van der Waals surface area contributed by atoms with Crippen molar-refractivity contribution in [2.24, 2.45) is 5.92 Å². The minimum atomic E-state index is -0.115. The average Bonchev–Trinajstić information content (AvgIpc) is 2.78. The lowest BCUT2D eigenvalue weighted by Crippen LogP contribution is -2.47. The predicted octanol–water partition coefficient (Wildman–Crippen LogP) is 3.12. The normalized spacial score (nSPS) is 17.6. The van der Waals surface area contributed by atoms with E-state index in [1.54, 1.807) is 25.3 Å². The standard InChI is InChI=1S/C18H29N3O2/c1-13(2)17(21-10-6-4-5-7-11-21)18(22)20-15-9-8-14(19)12-16(15)23-3/h8-9,12-13,17H,4-7,10-11,19H2,1-3H3,(H,20,22). The quantitative estimate of drug-likeness (QED) is 0.818. The summed E-state index contributed by atoms with van der Waals surface area (Å²) in [6.45, 7) is 6.20. The number of hydrogen-bond acceptors (Lipinski definition) is 4. The number of nitrogen functional groups attached to an aromatic ring is 1. The van der Waals surface area contributed by atoms with Gasteiger partial charge >= 0.3 is 0 Å². The Morgan fingerprint density at radius 1 is 1.22 bits per heavy atom. The molecule has 23 heavy (non-hydrogen) atoms. The molecule has 5 nitrogen and oxygen atoms in total. The molecule has 0 spiro atoms. The molecule has 0 saturated carbocycles. The van der Waals surface area contributed by atoms with Crippen LogP contribution in [0.15, 0.2) is 18.2 Å². The SMILES string of the molecule is COc1cc(N)ccc1NC(=O)C(C(C)C)N1CCCCCC1. The van der Waals surface area contributed by atoms with Crippen molar-refractivity contribution in [3.8, 4) is 5.75 Å². The van der Waals surface area contributed by atoms with Gasteiger partial charge in [0.25, 0.3) is 0 Å². The van der Waals surface area contributed by atoms with Gasteiger partial charge in [-0.3, -0.25) is 9.69 Å². The number of nitrogens with zero attached hydrogens (tertiary/aromatic N) is 1. The van der Waals surface area contributed by atoms with Crippen LogP contribution in [-0.2, 0) is 4.79 Å². The fourth-order valence-corrected chi connectivity index (χ4v) is 3.28. The van der Waals surface area contributed by atoms with E-state index in [9.17, 15) is 4.79 Å². The van der Waals surface area contributed by atoms with Crippen LogP contribution in [0.2, 0.25) is 0 Å². The summed E-state index contributed by atoms with van der Waals surface area (Å²) in [5.41, 5.74) is 7.07. The Labute approximate surface area is 139 Å². The number of benzene rings is 1. The summed E-state index contributed by atoms with van der Waals surface area (Å²) < 4.78 is 5.32. The van der Waals surface area contributed by atoms with Gasteiger partial charge in [-0.1, -0.05) is 26.7 Å². The van der Waals surface area contributed by atoms with E-state index >= 15 is 0 Å². The highest BCUT2D eigenvalue weighted by Crippen LogP contribution is 2.28. The van der Waals surface area contributed by atoms with Gasteiger partial charge < -0.3 is 15.8 Å². The predicted molar refractivity (Wildman–Crippen MR) is 94.7 cm³/mol. The van der Waals surface area contributed by atoms with E-state index in [0.717, 1.165) is 13.1 Å². The van der Waals surface area contributed by atoms with Gasteiger partial charge in [0.15, 0.2) is 0 Å². The molecule has 1 aliphatic rings. The van der Waals surface area contributed by atoms with Crippen LogP contribution in [0.4, 0.5) is 11.4 Å². The van der Waals surface area contributed by atoms with E-state index in [-0.39, 0.29) is 17.9 Å². The summed E-state index contributed by atoms with van der Waals surface area (Å²) >= 11 is 0. The monoisotopic (exact) mass is 319 g/mol. The molecule has 0 aliphatic carbocycles. The summed E-state index contributed by atoms with van der Waals surface area (Å²) in [6.07, 6.45) is 4.85. The smallest absolute Gasteiger partial charge is 0.242 e. The molecule has 1 heterocycles. The highest BCUT2D eigenvalue weighted by molar-refractivity contribution is 5.96. The van der Waals surface area contributed by atoms with Crippen molar-refractivity contribution in [3.05, 3.63) is 18.2 Å². The number of anilines is 2. The molecule has 2 rings (SSSR count). The molecule has 1 aromatic carbocycles. The zero-order valence-corrected chi connectivity index (χ0v) is 14.5. The van der Waals surface area contributed by atoms with Crippen LogP contribution in [-0.4, -0.2) is 37.0 Å². The number of likely N-dealkylation sites (tertiary alicyclic amines) is 1. The van der Waals surface area contributed by atoms with E-state index in [4.69, 9.17) is 10.5 Å². The highest BCUT2D eigenvalue weighted by Gasteiger charge is 2.29. The molecule has 0 bridgehead atoms. The summed E-state index contributed by atoms with van der Waals surface area (Å²) in [4.78, 5) is 15.2. The maximum absolute atomic E-state index is 12.9. The van der Waals surface area contributed by atoms with Gasteiger partial charge in [0.2, 0.25) is 5.91 Å². The number of nitrogens with one attached hydrogen (secondary N) is 1. The zero-order valence-electron chi connectivity index (χ0n) is 14.5. The van der Waals surface area contributed by atoms with E-state index in [1.807, 2.05) is 0 Å². The van der Waals surface area contributed by atoms with Crippen molar-refractivity contribution in [3.63, 3.8) is 0 Å². The fourth-order valence-electron chi connectivity index (χ4n) is 3.28. The summed E-state index contributed by atoms with van der Waals surface area (Å²) in [7, 11) is 1.58. The maximum Gasteiger partial charge on any atom is 0.242 e. The van der Waals surface area contributed by atoms with Gasteiger partial charge in [-0.15, -0.1) is 0 Å². The average molecular weight is 319 g/mol. The number of nitrogens with two attached hydrogens (primary N) is 1. The van der Waals surface area contributed by atoms with Crippen molar-refractivity contribution in [2.75, 3.05) is 31.2 Å². The minimum absolute atomic E-state index is 0.0324. The van der Waals surface area contributed by atoms with Gasteiger partial charge in [0, 0.05) is 11.8 Å². The van der Waals surface area contributed by atoms with Crippen LogP contribution in [0.5, 0.6) is 5.75 Å². The molecule has 1 unspecified atom stereocenters. The fraction of sp³-hybridized carbons (Fsp3) is 0.611. The number of carbonyl (C=O) groups is 1. The van der Waals surface area contributed by atoms with Crippen LogP contribution >= 0.6 is 0 Å². The molecule has 1 saturated heterocycles. The van der Waals surface area contributed by atoms with Crippen LogP contribution in [0.3, 0.4) is 0 Å². The first-order valence-corrected chi connectivity index (χ1v) is 8.51. The van der Waals surface area contributed by atoms with Crippen molar-refractivity contribution in [2.45, 2.75) is 45.6 Å². The lowest BCUT2D eigenvalue weighted by molar-refractivity contribution is -0.122. The Morgan fingerprint density at radius 3 is 2.43 bits per heavy atom. The van der Waals surface area contributed by atoms with Gasteiger partial charge in [0.1, 0.15) is 5.75 Å². The largest absolute Gasteiger partial charge is 0.494 e. The van der Waals surface area contributed by atoms with E-state index in [0.29, 0.717) is 17.1 Å². The molecule has 3 N–H and O–H groups in total. The van der Waals surface area contributed by atoms with Crippen LogP contribution in [0, 0.1) is 5.92 Å². The Balaban J connectivity index is 2.15. The number of methoxy groups -OCH3 is 1. The van der Waals surface area contributed by atoms with Gasteiger partial charge in [0.05, 0.1) is 18.8 Å². The number of rotatable bonds is 5. The first-order chi connectivity index (χ1) is 11.0. The highest BCUT2D eigenvalue weighted by atomic mass is 16.5. The third kappa shape index (κ3) is 4.61. The Hall–Kier alpha value is -1.75. The molecule has 0 aromatic heterocycles. The summed E-state index contributed by atoms with van der Waals surface area (Å²) in [5, 5.41) is 3.03. The minimum Gasteiger partial charge on any atom is -0.494 e. The third-order valence-electron chi connectivity index (χ3n) is 4.42. The maximum atomic E-state index is 12.9. The molecule has 1 amide bonds. The van der Waals surface area contributed by atoms with Gasteiger partial charge in [-0.2, -0.15) is 0 Å². The molecule has 1 atom stereocenters. The Morgan fingerprint density at radius 2 is 1.87 bits per heavy atom. The number of ether oxygens (including phenoxy) is 1. The van der Waals surface area contributed by atoms with Gasteiger partial charge in [-0.05, 0) is 44.0 Å². The molecular weight excluding hydrogens is 290 g/mol. The zero-order chi connectivity index (χ0) is 16.8. The second kappa shape index (κ2) is 8.20. The molecular formula is C18H29N3O2. The van der Waals surface area contributed by atoms with Gasteiger partial charge in [-0.25, -0.2) is 0 Å². The Kier molecular flexibility index (Phi) is 6.28. The van der Waals surface area contributed by atoms with Crippen LogP contribution in [0.25, 0.3) is 0 Å². The molecule has 5 heteroatoms. The first kappa shape index (κ1) is 17.6. The van der Waals surface area contributed by atoms with Crippen LogP contribution in [0.1, 0.15) is 39.5 Å². The molecule has 1 fully saturated rings. The summed E-state index contributed by atoms with van der Waals surface area (Å²) in [6, 6.07) is 5.18. The first-order valence-electron chi connectivity index (χ1n) is 8.51. The van der Waals surface area contributed by atoms with E-state index < -0.39 is 0 Å².